The monoisotopic (exact) mass is 390 g/mol. The smallest absolute Gasteiger partial charge is 0.227 e. The molecule has 1 fully saturated rings. The van der Waals surface area contributed by atoms with Gasteiger partial charge in [-0.1, -0.05) is 41.4 Å². The van der Waals surface area contributed by atoms with E-state index in [1.165, 1.54) is 0 Å². The molecule has 0 bridgehead atoms. The van der Waals surface area contributed by atoms with E-state index < -0.39 is 0 Å². The van der Waals surface area contributed by atoms with Gasteiger partial charge in [-0.25, -0.2) is 0 Å². The van der Waals surface area contributed by atoms with Crippen LogP contribution in [0, 0.1) is 5.92 Å². The first kappa shape index (κ1) is 18.7. The molecule has 0 saturated heterocycles. The maximum atomic E-state index is 12.1. The first-order chi connectivity index (χ1) is 12.5. The minimum atomic E-state index is -0.0524. The Morgan fingerprint density at radius 1 is 1.08 bits per heavy atom. The van der Waals surface area contributed by atoms with Crippen LogP contribution in [0.5, 0.6) is 0 Å². The van der Waals surface area contributed by atoms with E-state index in [1.807, 2.05) is 30.3 Å². The average Bonchev–Trinajstić information content (AvgIpc) is 3.45. The molecule has 0 unspecified atom stereocenters. The highest BCUT2D eigenvalue weighted by molar-refractivity contribution is 6.35. The van der Waals surface area contributed by atoms with Gasteiger partial charge in [0.1, 0.15) is 0 Å². The van der Waals surface area contributed by atoms with Gasteiger partial charge in [0.05, 0.1) is 0 Å². The van der Waals surface area contributed by atoms with E-state index in [0.717, 1.165) is 29.7 Å². The Balaban J connectivity index is 1.47. The summed E-state index contributed by atoms with van der Waals surface area (Å²) in [5.74, 6) is 0.188. The van der Waals surface area contributed by atoms with Crippen molar-refractivity contribution >= 4 is 40.7 Å². The second-order valence-corrected chi connectivity index (χ2v) is 7.32. The number of nitrogens with one attached hydrogen (secondary N) is 2. The first-order valence-electron chi connectivity index (χ1n) is 8.61. The molecular formula is C20H20Cl2N2O2. The van der Waals surface area contributed by atoms with E-state index in [-0.39, 0.29) is 17.7 Å². The average molecular weight is 391 g/mol. The molecule has 4 nitrogen and oxygen atoms in total. The predicted molar refractivity (Wildman–Crippen MR) is 104 cm³/mol. The zero-order chi connectivity index (χ0) is 18.5. The van der Waals surface area contributed by atoms with E-state index >= 15 is 0 Å². The number of hydrogen-bond donors (Lipinski definition) is 2. The fourth-order valence-corrected chi connectivity index (χ4v) is 3.11. The van der Waals surface area contributed by atoms with Crippen LogP contribution in [0.25, 0.3) is 0 Å². The lowest BCUT2D eigenvalue weighted by molar-refractivity contribution is -0.121. The summed E-state index contributed by atoms with van der Waals surface area (Å²) in [7, 11) is 0. The highest BCUT2D eigenvalue weighted by Crippen LogP contribution is 2.30. The van der Waals surface area contributed by atoms with Gasteiger partial charge >= 0.3 is 0 Å². The fraction of sp³-hybridized carbons (Fsp3) is 0.300. The largest absolute Gasteiger partial charge is 0.352 e. The topological polar surface area (TPSA) is 58.2 Å². The van der Waals surface area contributed by atoms with Gasteiger partial charge in [0.15, 0.2) is 0 Å². The van der Waals surface area contributed by atoms with Crippen LogP contribution in [0.15, 0.2) is 42.5 Å². The number of amides is 2. The van der Waals surface area contributed by atoms with Crippen LogP contribution in [0.1, 0.15) is 30.4 Å². The van der Waals surface area contributed by atoms with E-state index in [2.05, 4.69) is 10.6 Å². The Kier molecular flexibility index (Phi) is 6.17. The second-order valence-electron chi connectivity index (χ2n) is 6.48. The van der Waals surface area contributed by atoms with Crippen LogP contribution in [-0.2, 0) is 22.6 Å². The third-order valence-electron chi connectivity index (χ3n) is 4.27. The van der Waals surface area contributed by atoms with Gasteiger partial charge in [0, 0.05) is 34.6 Å². The van der Waals surface area contributed by atoms with Gasteiger partial charge in [-0.15, -0.1) is 0 Å². The minimum absolute atomic E-state index is 0.0524. The van der Waals surface area contributed by atoms with Gasteiger partial charge in [-0.2, -0.15) is 0 Å². The molecule has 6 heteroatoms. The van der Waals surface area contributed by atoms with Gasteiger partial charge < -0.3 is 10.6 Å². The SMILES string of the molecule is O=C(CCc1ccc(Cl)cc1Cl)NCc1cccc(NC(=O)C2CC2)c1. The van der Waals surface area contributed by atoms with Crippen LogP contribution < -0.4 is 10.6 Å². The quantitative estimate of drug-likeness (QED) is 0.725. The Morgan fingerprint density at radius 3 is 2.62 bits per heavy atom. The summed E-state index contributed by atoms with van der Waals surface area (Å²) in [5, 5.41) is 6.96. The molecule has 1 aliphatic carbocycles. The lowest BCUT2D eigenvalue weighted by Gasteiger charge is -2.09. The number of benzene rings is 2. The molecule has 136 valence electrons. The molecule has 0 heterocycles. The van der Waals surface area contributed by atoms with Crippen LogP contribution in [0.3, 0.4) is 0 Å². The van der Waals surface area contributed by atoms with E-state index in [9.17, 15) is 9.59 Å². The van der Waals surface area contributed by atoms with Crippen molar-refractivity contribution in [2.75, 3.05) is 5.32 Å². The molecular weight excluding hydrogens is 371 g/mol. The van der Waals surface area contributed by atoms with E-state index in [4.69, 9.17) is 23.2 Å². The molecule has 0 aromatic heterocycles. The summed E-state index contributed by atoms with van der Waals surface area (Å²) >= 11 is 12.0. The summed E-state index contributed by atoms with van der Waals surface area (Å²) in [4.78, 5) is 23.9. The number of anilines is 1. The number of halogens is 2. The molecule has 2 aromatic rings. The van der Waals surface area contributed by atoms with Crippen molar-refractivity contribution in [2.45, 2.75) is 32.2 Å². The maximum absolute atomic E-state index is 12.1. The van der Waals surface area contributed by atoms with Crippen molar-refractivity contribution < 1.29 is 9.59 Å². The summed E-state index contributed by atoms with van der Waals surface area (Å²) < 4.78 is 0. The lowest BCUT2D eigenvalue weighted by Crippen LogP contribution is -2.23. The van der Waals surface area contributed by atoms with Crippen LogP contribution in [0.2, 0.25) is 10.0 Å². The molecule has 0 spiro atoms. The Hall–Kier alpha value is -2.04. The third-order valence-corrected chi connectivity index (χ3v) is 4.86. The second kappa shape index (κ2) is 8.56. The Labute approximate surface area is 162 Å². The van der Waals surface area contributed by atoms with Gasteiger partial charge in [-0.3, -0.25) is 9.59 Å². The summed E-state index contributed by atoms with van der Waals surface area (Å²) in [6.45, 7) is 0.417. The number of aryl methyl sites for hydroxylation is 1. The van der Waals surface area contributed by atoms with E-state index in [1.54, 1.807) is 12.1 Å². The standard InChI is InChI=1S/C20H20Cl2N2O2/c21-16-8-6-14(18(22)11-16)7-9-19(25)23-12-13-2-1-3-17(10-13)24-20(26)15-4-5-15/h1-3,6,8,10-11,15H,4-5,7,9,12H2,(H,23,25)(H,24,26). The Morgan fingerprint density at radius 2 is 1.88 bits per heavy atom. The molecule has 3 rings (SSSR count). The maximum Gasteiger partial charge on any atom is 0.227 e. The highest BCUT2D eigenvalue weighted by atomic mass is 35.5. The number of carbonyl (C=O) groups is 2. The minimum Gasteiger partial charge on any atom is -0.352 e. The van der Waals surface area contributed by atoms with Crippen molar-refractivity contribution in [3.63, 3.8) is 0 Å². The fourth-order valence-electron chi connectivity index (χ4n) is 2.61. The zero-order valence-electron chi connectivity index (χ0n) is 14.2. The summed E-state index contributed by atoms with van der Waals surface area (Å²) in [6.07, 6.45) is 2.84. The Bertz CT molecular complexity index is 819. The predicted octanol–water partition coefficient (Wildman–Crippen LogP) is 4.59. The van der Waals surface area contributed by atoms with Crippen LogP contribution in [0.4, 0.5) is 5.69 Å². The number of hydrogen-bond acceptors (Lipinski definition) is 2. The first-order valence-corrected chi connectivity index (χ1v) is 9.37. The molecule has 0 aliphatic heterocycles. The molecule has 0 radical (unpaired) electrons. The lowest BCUT2D eigenvalue weighted by atomic mass is 10.1. The van der Waals surface area contributed by atoms with Crippen LogP contribution >= 0.6 is 23.2 Å². The van der Waals surface area contributed by atoms with Crippen molar-refractivity contribution in [3.05, 3.63) is 63.6 Å². The van der Waals surface area contributed by atoms with Crippen molar-refractivity contribution in [3.8, 4) is 0 Å². The molecule has 2 amide bonds. The normalized spacial score (nSPS) is 13.3. The zero-order valence-corrected chi connectivity index (χ0v) is 15.7. The van der Waals surface area contributed by atoms with Crippen molar-refractivity contribution in [1.82, 2.24) is 5.32 Å². The summed E-state index contributed by atoms with van der Waals surface area (Å²) in [6, 6.07) is 12.8. The van der Waals surface area contributed by atoms with Gasteiger partial charge in [0.2, 0.25) is 11.8 Å². The van der Waals surface area contributed by atoms with Crippen molar-refractivity contribution in [1.29, 1.82) is 0 Å². The number of rotatable bonds is 7. The molecule has 1 saturated carbocycles. The molecule has 26 heavy (non-hydrogen) atoms. The molecule has 2 N–H and O–H groups in total. The van der Waals surface area contributed by atoms with Gasteiger partial charge in [-0.05, 0) is 54.7 Å². The van der Waals surface area contributed by atoms with Gasteiger partial charge in [0.25, 0.3) is 0 Å². The van der Waals surface area contributed by atoms with Crippen LogP contribution in [-0.4, -0.2) is 11.8 Å². The highest BCUT2D eigenvalue weighted by Gasteiger charge is 2.29. The summed E-state index contributed by atoms with van der Waals surface area (Å²) in [5.41, 5.74) is 2.61. The molecule has 2 aromatic carbocycles. The number of carbonyl (C=O) groups excluding carboxylic acids is 2. The van der Waals surface area contributed by atoms with E-state index in [0.29, 0.717) is 29.4 Å². The molecule has 0 atom stereocenters. The van der Waals surface area contributed by atoms with Crippen molar-refractivity contribution in [2.24, 2.45) is 5.92 Å². The third kappa shape index (κ3) is 5.48. The molecule has 1 aliphatic rings.